The molecule has 192 valence electrons. The van der Waals surface area contributed by atoms with Crippen LogP contribution in [0.2, 0.25) is 10.0 Å². The lowest BCUT2D eigenvalue weighted by Crippen LogP contribution is -2.49. The van der Waals surface area contributed by atoms with Crippen LogP contribution in [0.15, 0.2) is 24.8 Å². The van der Waals surface area contributed by atoms with Gasteiger partial charge in [-0.3, -0.25) is 0 Å². The molecule has 2 rings (SSSR count). The quantitative estimate of drug-likeness (QED) is 0.397. The molecule has 4 atom stereocenters. The lowest BCUT2D eigenvalue weighted by atomic mass is 9.83. The van der Waals surface area contributed by atoms with Crippen LogP contribution in [0.25, 0.3) is 0 Å². The molecule has 9 heteroatoms. The highest BCUT2D eigenvalue weighted by molar-refractivity contribution is 7.84. The molecular weight excluding hydrogens is 495 g/mol. The minimum atomic E-state index is -1.34. The number of ether oxygens (including phenoxy) is 2. The molecule has 1 aliphatic heterocycles. The SMILES string of the molecule is C=CCOc1cc(Cl)c(Cl)cc1[C@H](N[S@@](=O)C(C)(C)C)C1CCN(C(=O)OC(C)(C)C)C(C)C1. The Labute approximate surface area is 216 Å². The largest absolute Gasteiger partial charge is 0.489 e. The fourth-order valence-corrected chi connectivity index (χ4v) is 5.10. The second-order valence-electron chi connectivity index (χ2n) is 10.7. The maximum absolute atomic E-state index is 13.2. The topological polar surface area (TPSA) is 67.9 Å². The van der Waals surface area contributed by atoms with Crippen LogP contribution in [0.4, 0.5) is 4.79 Å². The van der Waals surface area contributed by atoms with Gasteiger partial charge in [-0.2, -0.15) is 0 Å². The number of benzene rings is 1. The van der Waals surface area contributed by atoms with E-state index in [1.807, 2.05) is 48.5 Å². The molecule has 1 aromatic rings. The number of rotatable bonds is 7. The van der Waals surface area contributed by atoms with Gasteiger partial charge in [-0.1, -0.05) is 35.9 Å². The van der Waals surface area contributed by atoms with Gasteiger partial charge < -0.3 is 14.4 Å². The Morgan fingerprint density at radius 3 is 2.41 bits per heavy atom. The van der Waals surface area contributed by atoms with Crippen molar-refractivity contribution in [3.8, 4) is 5.75 Å². The van der Waals surface area contributed by atoms with Crippen molar-refractivity contribution in [1.82, 2.24) is 9.62 Å². The van der Waals surface area contributed by atoms with E-state index in [0.717, 1.165) is 5.56 Å². The van der Waals surface area contributed by atoms with Crippen LogP contribution in [0.3, 0.4) is 0 Å². The third kappa shape index (κ3) is 7.87. The van der Waals surface area contributed by atoms with E-state index < -0.39 is 21.3 Å². The predicted octanol–water partition coefficient (Wildman–Crippen LogP) is 6.69. The summed E-state index contributed by atoms with van der Waals surface area (Å²) in [6, 6.07) is 3.10. The number of nitrogens with zero attached hydrogens (tertiary/aromatic N) is 1. The van der Waals surface area contributed by atoms with E-state index in [9.17, 15) is 9.00 Å². The van der Waals surface area contributed by atoms with Crippen molar-refractivity contribution < 1.29 is 18.5 Å². The number of likely N-dealkylation sites (tertiary alicyclic amines) is 1. The van der Waals surface area contributed by atoms with Crippen LogP contribution < -0.4 is 9.46 Å². The Kier molecular flexibility index (Phi) is 9.91. The van der Waals surface area contributed by atoms with E-state index in [0.29, 0.717) is 41.8 Å². The first-order chi connectivity index (χ1) is 15.6. The van der Waals surface area contributed by atoms with Crippen molar-refractivity contribution in [3.05, 3.63) is 40.4 Å². The summed E-state index contributed by atoms with van der Waals surface area (Å²) in [6.45, 7) is 17.9. The van der Waals surface area contributed by atoms with Gasteiger partial charge in [-0.15, -0.1) is 0 Å². The number of nitrogens with one attached hydrogen (secondary N) is 1. The molecule has 1 N–H and O–H groups in total. The van der Waals surface area contributed by atoms with Gasteiger partial charge >= 0.3 is 6.09 Å². The number of halogens is 2. The van der Waals surface area contributed by atoms with Crippen molar-refractivity contribution >= 4 is 40.3 Å². The highest BCUT2D eigenvalue weighted by Gasteiger charge is 2.38. The molecule has 0 aliphatic carbocycles. The van der Waals surface area contributed by atoms with Gasteiger partial charge in [0.2, 0.25) is 0 Å². The Balaban J connectivity index is 2.40. The first-order valence-electron chi connectivity index (χ1n) is 11.5. The fraction of sp³-hybridized carbons (Fsp3) is 0.640. The Morgan fingerprint density at radius 1 is 1.26 bits per heavy atom. The second-order valence-corrected chi connectivity index (χ2v) is 13.5. The minimum absolute atomic E-state index is 0.0544. The standard InChI is InChI=1S/C25H38Cl2N2O4S/c1-9-12-32-21-15-20(27)19(26)14-18(21)22(28-34(31)25(6,7)8)17-10-11-29(16(2)13-17)23(30)33-24(3,4)5/h9,14-17,22,28H,1,10-13H2,2-8H3/t16?,17?,22-,34+/m1/s1. The van der Waals surface area contributed by atoms with Gasteiger partial charge in [-0.25, -0.2) is 13.7 Å². The number of piperidine rings is 1. The van der Waals surface area contributed by atoms with Crippen molar-refractivity contribution in [2.24, 2.45) is 5.92 Å². The Hall–Kier alpha value is -1.28. The Bertz CT molecular complexity index is 911. The van der Waals surface area contributed by atoms with Crippen LogP contribution >= 0.6 is 23.2 Å². The zero-order valence-corrected chi connectivity index (χ0v) is 23.6. The summed E-state index contributed by atoms with van der Waals surface area (Å²) in [6.07, 6.45) is 2.73. The summed E-state index contributed by atoms with van der Waals surface area (Å²) in [5, 5.41) is 0.781. The molecule has 1 fully saturated rings. The lowest BCUT2D eigenvalue weighted by Gasteiger charge is -2.41. The molecule has 1 saturated heterocycles. The number of amides is 1. The minimum Gasteiger partial charge on any atom is -0.489 e. The molecule has 0 radical (unpaired) electrons. The fourth-order valence-electron chi connectivity index (χ4n) is 3.87. The number of hydrogen-bond acceptors (Lipinski definition) is 4. The van der Waals surface area contributed by atoms with Crippen molar-refractivity contribution in [2.45, 2.75) is 83.7 Å². The second kappa shape index (κ2) is 11.6. The smallest absolute Gasteiger partial charge is 0.410 e. The zero-order chi connectivity index (χ0) is 25.8. The number of carbonyl (C=O) groups excluding carboxylic acids is 1. The lowest BCUT2D eigenvalue weighted by molar-refractivity contribution is 0.00532. The normalized spacial score (nSPS) is 21.0. The molecular formula is C25H38Cl2N2O4S. The van der Waals surface area contributed by atoms with Crippen LogP contribution in [-0.2, 0) is 15.7 Å². The van der Waals surface area contributed by atoms with Crippen molar-refractivity contribution in [1.29, 1.82) is 0 Å². The van der Waals surface area contributed by atoms with E-state index >= 15 is 0 Å². The van der Waals surface area contributed by atoms with Gasteiger partial charge in [0.15, 0.2) is 0 Å². The van der Waals surface area contributed by atoms with Gasteiger partial charge in [0.25, 0.3) is 0 Å². The van der Waals surface area contributed by atoms with Crippen molar-refractivity contribution in [2.75, 3.05) is 13.2 Å². The Morgan fingerprint density at radius 2 is 1.88 bits per heavy atom. The first kappa shape index (κ1) is 29.0. The number of carbonyl (C=O) groups is 1. The molecule has 1 heterocycles. The average molecular weight is 534 g/mol. The predicted molar refractivity (Wildman–Crippen MR) is 141 cm³/mol. The maximum Gasteiger partial charge on any atom is 0.410 e. The van der Waals surface area contributed by atoms with Gasteiger partial charge in [0.1, 0.15) is 18.0 Å². The third-order valence-electron chi connectivity index (χ3n) is 5.55. The molecule has 6 nitrogen and oxygen atoms in total. The summed E-state index contributed by atoms with van der Waals surface area (Å²) >= 11 is 12.7. The third-order valence-corrected chi connectivity index (χ3v) is 7.85. The molecule has 1 amide bonds. The zero-order valence-electron chi connectivity index (χ0n) is 21.2. The summed E-state index contributed by atoms with van der Waals surface area (Å²) in [7, 11) is -1.34. The van der Waals surface area contributed by atoms with E-state index in [4.69, 9.17) is 32.7 Å². The average Bonchev–Trinajstić information content (AvgIpc) is 2.70. The summed E-state index contributed by atoms with van der Waals surface area (Å²) < 4.78 is 27.6. The van der Waals surface area contributed by atoms with Crippen molar-refractivity contribution in [3.63, 3.8) is 0 Å². The maximum atomic E-state index is 13.2. The summed E-state index contributed by atoms with van der Waals surface area (Å²) in [5.41, 5.74) is 0.232. The van der Waals surface area contributed by atoms with Gasteiger partial charge in [-0.05, 0) is 73.3 Å². The van der Waals surface area contributed by atoms with Gasteiger partial charge in [0.05, 0.1) is 31.8 Å². The highest BCUT2D eigenvalue weighted by Crippen LogP contribution is 2.41. The molecule has 1 aliphatic rings. The van der Waals surface area contributed by atoms with Crippen LogP contribution in [-0.4, -0.2) is 44.7 Å². The van der Waals surface area contributed by atoms with E-state index in [-0.39, 0.29) is 24.1 Å². The van der Waals surface area contributed by atoms with Crippen LogP contribution in [0.1, 0.15) is 72.9 Å². The summed E-state index contributed by atoms with van der Waals surface area (Å²) in [5.74, 6) is 0.642. The molecule has 2 unspecified atom stereocenters. The highest BCUT2D eigenvalue weighted by atomic mass is 35.5. The van der Waals surface area contributed by atoms with E-state index in [2.05, 4.69) is 11.3 Å². The molecule has 0 bridgehead atoms. The monoisotopic (exact) mass is 532 g/mol. The first-order valence-corrected chi connectivity index (χ1v) is 13.4. The molecule has 1 aromatic carbocycles. The van der Waals surface area contributed by atoms with Gasteiger partial charge in [0, 0.05) is 24.2 Å². The molecule has 0 saturated carbocycles. The number of hydrogen-bond donors (Lipinski definition) is 1. The molecule has 0 aromatic heterocycles. The van der Waals surface area contributed by atoms with Crippen LogP contribution in [0.5, 0.6) is 5.75 Å². The van der Waals surface area contributed by atoms with E-state index in [1.54, 1.807) is 23.1 Å². The van der Waals surface area contributed by atoms with Crippen LogP contribution in [0, 0.1) is 5.92 Å². The molecule has 0 spiro atoms. The van der Waals surface area contributed by atoms with E-state index in [1.165, 1.54) is 0 Å². The summed E-state index contributed by atoms with van der Waals surface area (Å²) in [4.78, 5) is 14.5. The molecule has 34 heavy (non-hydrogen) atoms.